The topological polar surface area (TPSA) is 141 Å². The molecule has 3 N–H and O–H groups in total. The third kappa shape index (κ3) is 6.02. The van der Waals surface area contributed by atoms with Gasteiger partial charge >= 0.3 is 0 Å². The van der Waals surface area contributed by atoms with Crippen LogP contribution < -0.4 is 10.5 Å². The molecule has 0 spiro atoms. The standard InChI is InChI=1S/C23H23FN6O3S2/c1-13(16-10-17(24)12-26-11-16)27-23-29-20(21-22(30-23)28-14(2)34-21)19(31)5-3-4-15-6-8-18(9-7-15)35(25,32)33/h6-13H,3-5H2,1-2H3,(H2,25,32,33)(H,27,29,30)/t13-/m0/s1. The molecule has 1 aromatic carbocycles. The average molecular weight is 515 g/mol. The van der Waals surface area contributed by atoms with E-state index in [9.17, 15) is 17.6 Å². The van der Waals surface area contributed by atoms with Crippen LogP contribution in [0.15, 0.2) is 47.6 Å². The Labute approximate surface area is 205 Å². The Morgan fingerprint density at radius 2 is 1.91 bits per heavy atom. The van der Waals surface area contributed by atoms with E-state index in [0.717, 1.165) is 16.8 Å². The summed E-state index contributed by atoms with van der Waals surface area (Å²) in [6, 6.07) is 7.30. The number of aryl methyl sites for hydroxylation is 2. The van der Waals surface area contributed by atoms with Gasteiger partial charge in [-0.05, 0) is 56.0 Å². The number of carbonyl (C=O) groups is 1. The summed E-state index contributed by atoms with van der Waals surface area (Å²) in [5.41, 5.74) is 2.23. The molecule has 0 aliphatic rings. The number of nitrogens with two attached hydrogens (primary N) is 1. The molecule has 0 fully saturated rings. The molecule has 0 radical (unpaired) electrons. The van der Waals surface area contributed by atoms with E-state index in [0.29, 0.717) is 28.8 Å². The van der Waals surface area contributed by atoms with E-state index in [1.807, 2.05) is 13.8 Å². The van der Waals surface area contributed by atoms with Crippen LogP contribution in [-0.4, -0.2) is 34.1 Å². The number of hydrogen-bond donors (Lipinski definition) is 2. The summed E-state index contributed by atoms with van der Waals surface area (Å²) in [4.78, 5) is 30.3. The number of anilines is 1. The van der Waals surface area contributed by atoms with Crippen LogP contribution in [0.25, 0.3) is 10.3 Å². The number of Topliss-reactive ketones (excluding diaryl/α,β-unsaturated/α-hetero) is 1. The second-order valence-corrected chi connectivity index (χ2v) is 10.8. The van der Waals surface area contributed by atoms with Crippen LogP contribution in [0.3, 0.4) is 0 Å². The number of nitrogens with one attached hydrogen (secondary N) is 1. The van der Waals surface area contributed by atoms with Gasteiger partial charge in [-0.25, -0.2) is 27.9 Å². The molecule has 4 rings (SSSR count). The predicted molar refractivity (Wildman–Crippen MR) is 131 cm³/mol. The molecule has 1 atom stereocenters. The highest BCUT2D eigenvalue weighted by atomic mass is 32.2. The molecule has 3 aromatic heterocycles. The van der Waals surface area contributed by atoms with Gasteiger partial charge in [0.25, 0.3) is 0 Å². The number of rotatable bonds is 9. The number of sulfonamides is 1. The fourth-order valence-electron chi connectivity index (χ4n) is 3.54. The molecule has 0 unspecified atom stereocenters. The summed E-state index contributed by atoms with van der Waals surface area (Å²) < 4.78 is 37.0. The maximum absolute atomic E-state index is 13.6. The third-order valence-corrected chi connectivity index (χ3v) is 7.21. The Morgan fingerprint density at radius 3 is 2.60 bits per heavy atom. The van der Waals surface area contributed by atoms with Gasteiger partial charge in [0, 0.05) is 12.6 Å². The van der Waals surface area contributed by atoms with Crippen molar-refractivity contribution in [2.24, 2.45) is 5.14 Å². The number of pyridine rings is 1. The normalized spacial score (nSPS) is 12.6. The highest BCUT2D eigenvalue weighted by Gasteiger charge is 2.19. The largest absolute Gasteiger partial charge is 0.348 e. The molecular formula is C23H23FN6O3S2. The lowest BCUT2D eigenvalue weighted by atomic mass is 10.1. The minimum atomic E-state index is -3.74. The Morgan fingerprint density at radius 1 is 1.17 bits per heavy atom. The Kier molecular flexibility index (Phi) is 7.15. The molecule has 0 bridgehead atoms. The van der Waals surface area contributed by atoms with Gasteiger partial charge in [0.05, 0.1) is 22.1 Å². The van der Waals surface area contributed by atoms with E-state index in [4.69, 9.17) is 5.14 Å². The lowest BCUT2D eigenvalue weighted by Crippen LogP contribution is -2.13. The molecular weight excluding hydrogens is 491 g/mol. The summed E-state index contributed by atoms with van der Waals surface area (Å²) in [6.07, 6.45) is 4.05. The summed E-state index contributed by atoms with van der Waals surface area (Å²) in [5.74, 6) is -0.371. The molecule has 0 saturated carbocycles. The monoisotopic (exact) mass is 514 g/mol. The first-order valence-electron chi connectivity index (χ1n) is 10.8. The number of hydrogen-bond acceptors (Lipinski definition) is 9. The number of benzene rings is 1. The highest BCUT2D eigenvalue weighted by molar-refractivity contribution is 7.89. The number of carbonyl (C=O) groups excluding carboxylic acids is 1. The minimum Gasteiger partial charge on any atom is -0.348 e. The van der Waals surface area contributed by atoms with Crippen molar-refractivity contribution in [3.8, 4) is 0 Å². The van der Waals surface area contributed by atoms with E-state index < -0.39 is 15.8 Å². The molecule has 3 heterocycles. The van der Waals surface area contributed by atoms with Crippen molar-refractivity contribution in [3.05, 3.63) is 70.4 Å². The second kappa shape index (κ2) is 10.1. The number of primary sulfonamides is 1. The highest BCUT2D eigenvalue weighted by Crippen LogP contribution is 2.27. The molecule has 0 aliphatic carbocycles. The first-order valence-corrected chi connectivity index (χ1v) is 13.1. The predicted octanol–water partition coefficient (Wildman–Crippen LogP) is 3.95. The van der Waals surface area contributed by atoms with Crippen LogP contribution in [0.5, 0.6) is 0 Å². The number of nitrogens with zero attached hydrogens (tertiary/aromatic N) is 4. The molecule has 0 saturated heterocycles. The summed E-state index contributed by atoms with van der Waals surface area (Å²) in [7, 11) is -3.74. The summed E-state index contributed by atoms with van der Waals surface area (Å²) >= 11 is 1.35. The van der Waals surface area contributed by atoms with Crippen LogP contribution in [0.2, 0.25) is 0 Å². The van der Waals surface area contributed by atoms with Gasteiger partial charge in [0.2, 0.25) is 16.0 Å². The number of ketones is 1. The quantitative estimate of drug-likeness (QED) is 0.320. The first kappa shape index (κ1) is 24.8. The maximum Gasteiger partial charge on any atom is 0.238 e. The van der Waals surface area contributed by atoms with Gasteiger partial charge < -0.3 is 5.32 Å². The van der Waals surface area contributed by atoms with Crippen molar-refractivity contribution in [1.82, 2.24) is 19.9 Å². The van der Waals surface area contributed by atoms with Crippen LogP contribution in [0, 0.1) is 12.7 Å². The molecule has 4 aromatic rings. The Bertz CT molecular complexity index is 1490. The van der Waals surface area contributed by atoms with E-state index in [1.165, 1.54) is 29.5 Å². The van der Waals surface area contributed by atoms with Gasteiger partial charge in [0.15, 0.2) is 11.4 Å². The number of thiazole rings is 1. The summed E-state index contributed by atoms with van der Waals surface area (Å²) in [6.45, 7) is 3.65. The summed E-state index contributed by atoms with van der Waals surface area (Å²) in [5, 5.41) is 8.99. The minimum absolute atomic E-state index is 0.0459. The van der Waals surface area contributed by atoms with Gasteiger partial charge in [-0.3, -0.25) is 9.78 Å². The molecule has 0 aliphatic heterocycles. The van der Waals surface area contributed by atoms with Crippen LogP contribution >= 0.6 is 11.3 Å². The van der Waals surface area contributed by atoms with Gasteiger partial charge in [-0.15, -0.1) is 11.3 Å². The lowest BCUT2D eigenvalue weighted by Gasteiger charge is -2.14. The average Bonchev–Trinajstić information content (AvgIpc) is 3.18. The van der Waals surface area contributed by atoms with Gasteiger partial charge in [-0.2, -0.15) is 4.98 Å². The third-order valence-electron chi connectivity index (χ3n) is 5.32. The fraction of sp³-hybridized carbons (Fsp3) is 0.261. The maximum atomic E-state index is 13.6. The zero-order valence-electron chi connectivity index (χ0n) is 19.0. The fourth-order valence-corrected chi connectivity index (χ4v) is 4.92. The van der Waals surface area contributed by atoms with Crippen molar-refractivity contribution in [2.75, 3.05) is 5.32 Å². The van der Waals surface area contributed by atoms with Crippen molar-refractivity contribution in [2.45, 2.75) is 44.0 Å². The van der Waals surface area contributed by atoms with Crippen molar-refractivity contribution >= 4 is 43.4 Å². The van der Waals surface area contributed by atoms with Gasteiger partial charge in [0.1, 0.15) is 16.2 Å². The zero-order valence-corrected chi connectivity index (χ0v) is 20.7. The van der Waals surface area contributed by atoms with Crippen molar-refractivity contribution in [1.29, 1.82) is 0 Å². The van der Waals surface area contributed by atoms with Crippen LogP contribution in [0.4, 0.5) is 10.3 Å². The SMILES string of the molecule is Cc1nc2nc(N[C@@H](C)c3cncc(F)c3)nc(C(=O)CCCc3ccc(S(N)(=O)=O)cc3)c2s1. The van der Waals surface area contributed by atoms with Gasteiger partial charge in [-0.1, -0.05) is 12.1 Å². The number of aromatic nitrogens is 4. The second-order valence-electron chi connectivity index (χ2n) is 8.05. The number of fused-ring (bicyclic) bond motifs is 1. The molecule has 182 valence electrons. The smallest absolute Gasteiger partial charge is 0.238 e. The van der Waals surface area contributed by atoms with Crippen molar-refractivity contribution < 1.29 is 17.6 Å². The molecule has 35 heavy (non-hydrogen) atoms. The number of halogens is 1. The van der Waals surface area contributed by atoms with E-state index >= 15 is 0 Å². The van der Waals surface area contributed by atoms with Crippen molar-refractivity contribution in [3.63, 3.8) is 0 Å². The van der Waals surface area contributed by atoms with Crippen LogP contribution in [-0.2, 0) is 16.4 Å². The molecule has 0 amide bonds. The first-order chi connectivity index (χ1) is 16.6. The van der Waals surface area contributed by atoms with Crippen LogP contribution in [0.1, 0.15) is 52.4 Å². The Hall–Kier alpha value is -3.35. The molecule has 9 nitrogen and oxygen atoms in total. The Balaban J connectivity index is 1.49. The van der Waals surface area contributed by atoms with E-state index in [-0.39, 0.29) is 34.8 Å². The van der Waals surface area contributed by atoms with E-state index in [2.05, 4.69) is 25.3 Å². The lowest BCUT2D eigenvalue weighted by molar-refractivity contribution is 0.0977. The van der Waals surface area contributed by atoms with E-state index in [1.54, 1.807) is 18.3 Å². The molecule has 12 heteroatoms. The zero-order chi connectivity index (χ0) is 25.2.